The molecular weight excluding hydrogens is 404 g/mol. The van der Waals surface area contributed by atoms with Gasteiger partial charge in [0.05, 0.1) is 5.71 Å². The Morgan fingerprint density at radius 2 is 1.97 bits per heavy atom. The van der Waals surface area contributed by atoms with Gasteiger partial charge in [-0.2, -0.15) is 0 Å². The molecule has 1 aliphatic rings. The number of benzene rings is 2. The molecule has 2 N–H and O–H groups in total. The van der Waals surface area contributed by atoms with Gasteiger partial charge in [-0.3, -0.25) is 0 Å². The molecule has 1 aromatic heterocycles. The quantitative estimate of drug-likeness (QED) is 0.273. The van der Waals surface area contributed by atoms with Gasteiger partial charge in [0.2, 0.25) is 0 Å². The molecule has 0 amide bonds. The normalized spacial score (nSPS) is 13.2. The van der Waals surface area contributed by atoms with Crippen LogP contribution in [0.4, 0.5) is 0 Å². The van der Waals surface area contributed by atoms with E-state index in [0.717, 1.165) is 40.8 Å². The molecule has 164 valence electrons. The summed E-state index contributed by atoms with van der Waals surface area (Å²) in [6, 6.07) is 17.9. The summed E-state index contributed by atoms with van der Waals surface area (Å²) in [5.74, 6) is -0.332. The molecule has 3 aromatic rings. The molecule has 0 atom stereocenters. The number of fused-ring (bicyclic) bond motifs is 1. The highest BCUT2D eigenvalue weighted by atomic mass is 16.6. The molecule has 6 nitrogen and oxygen atoms in total. The molecule has 0 fully saturated rings. The van der Waals surface area contributed by atoms with Crippen LogP contribution in [0, 0.1) is 0 Å². The van der Waals surface area contributed by atoms with E-state index in [1.807, 2.05) is 60.9 Å². The largest absolute Gasteiger partial charge is 0.482 e. The van der Waals surface area contributed by atoms with Gasteiger partial charge in [0.25, 0.3) is 0 Å². The number of nitrogens with zero attached hydrogens (tertiary/aromatic N) is 1. The fourth-order valence-electron chi connectivity index (χ4n) is 3.89. The number of oxime groups is 1. The minimum Gasteiger partial charge on any atom is -0.482 e. The van der Waals surface area contributed by atoms with Crippen molar-refractivity contribution in [1.82, 2.24) is 4.98 Å². The van der Waals surface area contributed by atoms with Crippen LogP contribution in [0.2, 0.25) is 0 Å². The van der Waals surface area contributed by atoms with Crippen molar-refractivity contribution in [2.24, 2.45) is 5.16 Å². The number of aliphatic carboxylic acids is 1. The molecule has 4 rings (SSSR count). The Hall–Kier alpha value is -3.80. The summed E-state index contributed by atoms with van der Waals surface area (Å²) in [5.41, 5.74) is 6.40. The molecule has 0 radical (unpaired) electrons. The van der Waals surface area contributed by atoms with Crippen molar-refractivity contribution in [3.8, 4) is 5.75 Å². The van der Waals surface area contributed by atoms with Crippen LogP contribution in [0.5, 0.6) is 5.75 Å². The number of aromatic nitrogens is 1. The van der Waals surface area contributed by atoms with Crippen molar-refractivity contribution in [3.63, 3.8) is 0 Å². The summed E-state index contributed by atoms with van der Waals surface area (Å²) in [4.78, 5) is 19.7. The average molecular weight is 431 g/mol. The van der Waals surface area contributed by atoms with E-state index in [1.165, 1.54) is 5.57 Å². The Morgan fingerprint density at radius 3 is 2.75 bits per heavy atom. The number of carbonyl (C=O) groups is 1. The zero-order valence-corrected chi connectivity index (χ0v) is 17.8. The third-order valence-electron chi connectivity index (χ3n) is 5.39. The topological polar surface area (TPSA) is 83.9 Å². The highest BCUT2D eigenvalue weighted by Crippen LogP contribution is 2.34. The van der Waals surface area contributed by atoms with Crippen LogP contribution in [0.3, 0.4) is 0 Å². The molecule has 32 heavy (non-hydrogen) atoms. The average Bonchev–Trinajstić information content (AvgIpc) is 3.33. The number of ether oxygens (including phenoxy) is 1. The number of allylic oxidation sites excluding steroid dienone is 1. The molecule has 0 saturated heterocycles. The molecule has 0 unspecified atom stereocenters. The summed E-state index contributed by atoms with van der Waals surface area (Å²) in [7, 11) is 0. The van der Waals surface area contributed by atoms with E-state index >= 15 is 0 Å². The van der Waals surface area contributed by atoms with Crippen LogP contribution < -0.4 is 4.74 Å². The minimum absolute atomic E-state index is 0.337. The second-order valence-electron chi connectivity index (χ2n) is 7.62. The molecule has 6 heteroatoms. The van der Waals surface area contributed by atoms with Gasteiger partial charge in [-0.25, -0.2) is 4.79 Å². The van der Waals surface area contributed by atoms with Crippen molar-refractivity contribution < 1.29 is 19.5 Å². The van der Waals surface area contributed by atoms with Crippen LogP contribution in [0.25, 0.3) is 5.57 Å². The van der Waals surface area contributed by atoms with Crippen LogP contribution in [0.1, 0.15) is 35.1 Å². The fraction of sp³-hybridized carbons (Fsp3) is 0.231. The zero-order chi connectivity index (χ0) is 22.2. The van der Waals surface area contributed by atoms with Crippen molar-refractivity contribution >= 4 is 17.3 Å². The van der Waals surface area contributed by atoms with Gasteiger partial charge in [-0.1, -0.05) is 53.7 Å². The lowest BCUT2D eigenvalue weighted by atomic mass is 9.89. The molecular formula is C26H26N2O4. The predicted octanol–water partition coefficient (Wildman–Crippen LogP) is 4.86. The first kappa shape index (κ1) is 21.4. The molecule has 2 aromatic carbocycles. The predicted molar refractivity (Wildman–Crippen MR) is 124 cm³/mol. The minimum atomic E-state index is -0.978. The molecule has 0 aliphatic heterocycles. The number of hydrogen-bond acceptors (Lipinski definition) is 4. The summed E-state index contributed by atoms with van der Waals surface area (Å²) in [5, 5.41) is 13.4. The lowest BCUT2D eigenvalue weighted by Gasteiger charge is -2.20. The standard InChI is InChI=1S/C26H26N2O4/c29-26(30)18-31-25-11-5-9-22-20(8-4-10-23(22)25)13-15-32-28-24(16-19-12-14-27-17-19)21-6-2-1-3-7-21/h1-3,5-9,11-12,14,17,27H,4,10,13,15-16,18H2,(H,29,30)/b28-24+. The van der Waals surface area contributed by atoms with E-state index in [-0.39, 0.29) is 6.61 Å². The number of carboxylic acids is 1. The second kappa shape index (κ2) is 10.5. The summed E-state index contributed by atoms with van der Waals surface area (Å²) in [6.07, 6.45) is 9.21. The van der Waals surface area contributed by atoms with Gasteiger partial charge < -0.3 is 19.7 Å². The number of nitrogens with one attached hydrogen (secondary N) is 1. The Bertz CT molecular complexity index is 1100. The van der Waals surface area contributed by atoms with E-state index in [2.05, 4.69) is 22.3 Å². The summed E-state index contributed by atoms with van der Waals surface area (Å²) in [6.45, 7) is 0.117. The number of hydrogen-bond donors (Lipinski definition) is 2. The highest BCUT2D eigenvalue weighted by Gasteiger charge is 2.17. The first-order valence-electron chi connectivity index (χ1n) is 10.7. The molecule has 1 aliphatic carbocycles. The first-order valence-corrected chi connectivity index (χ1v) is 10.7. The number of aromatic amines is 1. The maximum atomic E-state index is 10.9. The Morgan fingerprint density at radius 1 is 1.09 bits per heavy atom. The molecule has 1 heterocycles. The Kier molecular flexibility index (Phi) is 7.02. The molecule has 0 saturated carbocycles. The summed E-state index contributed by atoms with van der Waals surface area (Å²) >= 11 is 0. The van der Waals surface area contributed by atoms with E-state index in [1.54, 1.807) is 0 Å². The lowest BCUT2D eigenvalue weighted by Crippen LogP contribution is -2.12. The van der Waals surface area contributed by atoms with Crippen LogP contribution >= 0.6 is 0 Å². The van der Waals surface area contributed by atoms with E-state index in [9.17, 15) is 4.79 Å². The third kappa shape index (κ3) is 5.46. The highest BCUT2D eigenvalue weighted by molar-refractivity contribution is 6.01. The number of carboxylic acid groups (broad SMARTS) is 1. The Labute approximate surface area is 187 Å². The van der Waals surface area contributed by atoms with Crippen molar-refractivity contribution in [3.05, 3.63) is 95.3 Å². The van der Waals surface area contributed by atoms with Gasteiger partial charge in [-0.15, -0.1) is 0 Å². The fourth-order valence-corrected chi connectivity index (χ4v) is 3.89. The maximum absolute atomic E-state index is 10.9. The third-order valence-corrected chi connectivity index (χ3v) is 5.39. The lowest BCUT2D eigenvalue weighted by molar-refractivity contribution is -0.139. The van der Waals surface area contributed by atoms with E-state index in [0.29, 0.717) is 25.2 Å². The maximum Gasteiger partial charge on any atom is 0.341 e. The van der Waals surface area contributed by atoms with Crippen LogP contribution in [0.15, 0.2) is 78.2 Å². The number of rotatable bonds is 10. The van der Waals surface area contributed by atoms with Gasteiger partial charge >= 0.3 is 5.97 Å². The van der Waals surface area contributed by atoms with Crippen molar-refractivity contribution in [1.29, 1.82) is 0 Å². The van der Waals surface area contributed by atoms with Gasteiger partial charge in [0, 0.05) is 30.8 Å². The number of H-pyrrole nitrogens is 1. The second-order valence-corrected chi connectivity index (χ2v) is 7.62. The van der Waals surface area contributed by atoms with Crippen LogP contribution in [-0.2, 0) is 22.5 Å². The van der Waals surface area contributed by atoms with Crippen LogP contribution in [-0.4, -0.2) is 35.0 Å². The van der Waals surface area contributed by atoms with E-state index < -0.39 is 5.97 Å². The molecule has 0 spiro atoms. The van der Waals surface area contributed by atoms with Gasteiger partial charge in [0.15, 0.2) is 6.61 Å². The Balaban J connectivity index is 1.42. The SMILES string of the molecule is O=C(O)COc1cccc2c1CCC=C2CCO/N=C(\Cc1cc[nH]c1)c1ccccc1. The molecule has 0 bridgehead atoms. The van der Waals surface area contributed by atoms with Crippen molar-refractivity contribution in [2.45, 2.75) is 25.7 Å². The van der Waals surface area contributed by atoms with Gasteiger partial charge in [-0.05, 0) is 47.2 Å². The van der Waals surface area contributed by atoms with Gasteiger partial charge in [0.1, 0.15) is 12.4 Å². The monoisotopic (exact) mass is 430 g/mol. The first-order chi connectivity index (χ1) is 15.7. The van der Waals surface area contributed by atoms with Crippen molar-refractivity contribution in [2.75, 3.05) is 13.2 Å². The summed E-state index contributed by atoms with van der Waals surface area (Å²) < 4.78 is 5.49. The van der Waals surface area contributed by atoms with E-state index in [4.69, 9.17) is 14.7 Å². The zero-order valence-electron chi connectivity index (χ0n) is 17.8. The smallest absolute Gasteiger partial charge is 0.341 e.